The fraction of sp³-hybridized carbons (Fsp3) is 0.917. The van der Waals surface area contributed by atoms with Crippen LogP contribution < -0.4 is 5.32 Å². The molecule has 0 fully saturated rings. The molecular weight excluding hydrogens is 462 g/mol. The van der Waals surface area contributed by atoms with Gasteiger partial charge in [0.15, 0.2) is 0 Å². The van der Waals surface area contributed by atoms with E-state index in [2.05, 4.69) is 38.2 Å². The lowest BCUT2D eigenvalue weighted by molar-refractivity contribution is -0.121. The van der Waals surface area contributed by atoms with E-state index < -0.39 is 0 Å². The molecule has 0 saturated carbocycles. The van der Waals surface area contributed by atoms with Crippen LogP contribution in [0.1, 0.15) is 207 Å². The van der Waals surface area contributed by atoms with Crippen molar-refractivity contribution < 1.29 is 4.79 Å². The van der Waals surface area contributed by atoms with Crippen LogP contribution in [-0.4, -0.2) is 11.9 Å². The van der Waals surface area contributed by atoms with Gasteiger partial charge in [-0.2, -0.15) is 0 Å². The second kappa shape index (κ2) is 32.4. The molecule has 1 amide bonds. The van der Waals surface area contributed by atoms with Gasteiger partial charge < -0.3 is 5.32 Å². The maximum atomic E-state index is 12.2. The lowest BCUT2D eigenvalue weighted by Gasteiger charge is -2.11. The lowest BCUT2D eigenvalue weighted by atomic mass is 10.0. The molecule has 2 nitrogen and oxygen atoms in total. The van der Waals surface area contributed by atoms with Crippen LogP contribution in [0.3, 0.4) is 0 Å². The highest BCUT2D eigenvalue weighted by molar-refractivity contribution is 5.76. The first kappa shape index (κ1) is 37.2. The van der Waals surface area contributed by atoms with Crippen LogP contribution in [0.15, 0.2) is 12.2 Å². The van der Waals surface area contributed by atoms with Crippen molar-refractivity contribution in [2.45, 2.75) is 213 Å². The number of hydrogen-bond acceptors (Lipinski definition) is 1. The normalized spacial score (nSPS) is 12.4. The summed E-state index contributed by atoms with van der Waals surface area (Å²) in [6.45, 7) is 6.71. The summed E-state index contributed by atoms with van der Waals surface area (Å²) in [5.41, 5.74) is 0. The Morgan fingerprint density at radius 2 is 0.842 bits per heavy atom. The predicted molar refractivity (Wildman–Crippen MR) is 172 cm³/mol. The molecule has 0 aromatic rings. The van der Waals surface area contributed by atoms with Crippen molar-refractivity contribution in [3.8, 4) is 0 Å². The van der Waals surface area contributed by atoms with Gasteiger partial charge in [-0.3, -0.25) is 4.79 Å². The summed E-state index contributed by atoms with van der Waals surface area (Å²) in [5, 5.41) is 3.19. The zero-order chi connectivity index (χ0) is 27.8. The van der Waals surface area contributed by atoms with Crippen LogP contribution in [0.5, 0.6) is 0 Å². The standard InChI is InChI=1S/C36H71NO/c1-4-6-8-10-12-14-16-18-20-22-24-26-28-30-32-34-36(38)37-35(3)33-31-29-27-25-23-21-19-17-15-13-11-9-7-5-2/h29,31,35H,4-28,30,32-34H2,1-3H3,(H,37,38). The molecule has 0 aliphatic carbocycles. The molecule has 0 bridgehead atoms. The topological polar surface area (TPSA) is 29.1 Å². The molecule has 1 N–H and O–H groups in total. The number of carbonyl (C=O) groups excluding carboxylic acids is 1. The van der Waals surface area contributed by atoms with Crippen LogP contribution in [0.2, 0.25) is 0 Å². The fourth-order valence-electron chi connectivity index (χ4n) is 5.41. The van der Waals surface area contributed by atoms with Crippen LogP contribution in [-0.2, 0) is 4.79 Å². The number of amides is 1. The minimum absolute atomic E-state index is 0.242. The van der Waals surface area contributed by atoms with Gasteiger partial charge in [-0.1, -0.05) is 180 Å². The quantitative estimate of drug-likeness (QED) is 0.0696. The number of nitrogens with one attached hydrogen (secondary N) is 1. The van der Waals surface area contributed by atoms with Crippen molar-refractivity contribution >= 4 is 5.91 Å². The summed E-state index contributed by atoms with van der Waals surface area (Å²) in [6.07, 6.45) is 43.4. The third-order valence-electron chi connectivity index (χ3n) is 8.05. The van der Waals surface area contributed by atoms with E-state index in [0.29, 0.717) is 6.42 Å². The van der Waals surface area contributed by atoms with Crippen molar-refractivity contribution in [3.63, 3.8) is 0 Å². The van der Waals surface area contributed by atoms with Crippen molar-refractivity contribution in [1.29, 1.82) is 0 Å². The smallest absolute Gasteiger partial charge is 0.220 e. The molecule has 0 aliphatic rings. The third-order valence-corrected chi connectivity index (χ3v) is 8.05. The van der Waals surface area contributed by atoms with Crippen molar-refractivity contribution in [3.05, 3.63) is 12.2 Å². The van der Waals surface area contributed by atoms with Gasteiger partial charge in [0.05, 0.1) is 0 Å². The number of hydrogen-bond donors (Lipinski definition) is 1. The van der Waals surface area contributed by atoms with E-state index in [0.717, 1.165) is 12.8 Å². The third kappa shape index (κ3) is 31.4. The molecule has 0 heterocycles. The lowest BCUT2D eigenvalue weighted by Crippen LogP contribution is -2.31. The van der Waals surface area contributed by atoms with E-state index in [1.54, 1.807) is 0 Å². The molecule has 0 rings (SSSR count). The van der Waals surface area contributed by atoms with E-state index in [9.17, 15) is 4.79 Å². The van der Waals surface area contributed by atoms with E-state index in [-0.39, 0.29) is 11.9 Å². The average Bonchev–Trinajstić information content (AvgIpc) is 2.91. The molecule has 38 heavy (non-hydrogen) atoms. The van der Waals surface area contributed by atoms with Gasteiger partial charge in [0.2, 0.25) is 5.91 Å². The van der Waals surface area contributed by atoms with Crippen molar-refractivity contribution in [1.82, 2.24) is 5.32 Å². The van der Waals surface area contributed by atoms with Crippen LogP contribution in [0.4, 0.5) is 0 Å². The highest BCUT2D eigenvalue weighted by atomic mass is 16.1. The van der Waals surface area contributed by atoms with E-state index in [1.165, 1.54) is 167 Å². The Bertz CT molecular complexity index is 486. The van der Waals surface area contributed by atoms with Gasteiger partial charge in [-0.05, 0) is 32.6 Å². The summed E-state index contributed by atoms with van der Waals surface area (Å²) in [6, 6.07) is 0.257. The second-order valence-corrected chi connectivity index (χ2v) is 12.2. The Morgan fingerprint density at radius 3 is 1.24 bits per heavy atom. The number of allylic oxidation sites excluding steroid dienone is 1. The van der Waals surface area contributed by atoms with Gasteiger partial charge in [0, 0.05) is 12.5 Å². The molecule has 1 unspecified atom stereocenters. The summed E-state index contributed by atoms with van der Waals surface area (Å²) in [4.78, 5) is 12.2. The largest absolute Gasteiger partial charge is 0.353 e. The highest BCUT2D eigenvalue weighted by Crippen LogP contribution is 2.14. The summed E-state index contributed by atoms with van der Waals surface area (Å²) in [5.74, 6) is 0.242. The molecule has 0 saturated heterocycles. The molecule has 0 aromatic heterocycles. The highest BCUT2D eigenvalue weighted by Gasteiger charge is 2.05. The molecule has 1 atom stereocenters. The number of carbonyl (C=O) groups is 1. The van der Waals surface area contributed by atoms with Crippen molar-refractivity contribution in [2.24, 2.45) is 0 Å². The molecular formula is C36H71NO. The van der Waals surface area contributed by atoms with Gasteiger partial charge in [0.1, 0.15) is 0 Å². The van der Waals surface area contributed by atoms with E-state index in [1.807, 2.05) is 0 Å². The van der Waals surface area contributed by atoms with Gasteiger partial charge in [-0.15, -0.1) is 0 Å². The first-order valence-electron chi connectivity index (χ1n) is 17.6. The Hall–Kier alpha value is -0.790. The van der Waals surface area contributed by atoms with Crippen LogP contribution >= 0.6 is 0 Å². The molecule has 0 aromatic carbocycles. The predicted octanol–water partition coefficient (Wildman–Crippen LogP) is 12.4. The molecule has 0 radical (unpaired) electrons. The Labute approximate surface area is 241 Å². The summed E-state index contributed by atoms with van der Waals surface area (Å²) >= 11 is 0. The Kier molecular flexibility index (Phi) is 31.7. The SMILES string of the molecule is CCCCCCCCCCCCCC=CCC(C)NC(=O)CCCCCCCCCCCCCCCCC. The first-order valence-corrected chi connectivity index (χ1v) is 17.6. The number of rotatable bonds is 31. The minimum Gasteiger partial charge on any atom is -0.353 e. The van der Waals surface area contributed by atoms with Crippen LogP contribution in [0, 0.1) is 0 Å². The zero-order valence-corrected chi connectivity index (χ0v) is 26.6. The Balaban J connectivity index is 3.34. The molecule has 0 spiro atoms. The maximum Gasteiger partial charge on any atom is 0.220 e. The molecule has 0 aliphatic heterocycles. The minimum atomic E-state index is 0.242. The molecule has 2 heteroatoms. The Morgan fingerprint density at radius 1 is 0.500 bits per heavy atom. The zero-order valence-electron chi connectivity index (χ0n) is 26.6. The van der Waals surface area contributed by atoms with Gasteiger partial charge in [-0.25, -0.2) is 0 Å². The summed E-state index contributed by atoms with van der Waals surface area (Å²) in [7, 11) is 0. The average molecular weight is 534 g/mol. The summed E-state index contributed by atoms with van der Waals surface area (Å²) < 4.78 is 0. The van der Waals surface area contributed by atoms with Gasteiger partial charge >= 0.3 is 0 Å². The van der Waals surface area contributed by atoms with E-state index in [4.69, 9.17) is 0 Å². The maximum absolute atomic E-state index is 12.2. The second-order valence-electron chi connectivity index (χ2n) is 12.2. The van der Waals surface area contributed by atoms with Crippen LogP contribution in [0.25, 0.3) is 0 Å². The monoisotopic (exact) mass is 534 g/mol. The number of unbranched alkanes of at least 4 members (excludes halogenated alkanes) is 25. The fourth-order valence-corrected chi connectivity index (χ4v) is 5.41. The van der Waals surface area contributed by atoms with Gasteiger partial charge in [0.25, 0.3) is 0 Å². The van der Waals surface area contributed by atoms with Crippen molar-refractivity contribution in [2.75, 3.05) is 0 Å². The molecule has 226 valence electrons. The van der Waals surface area contributed by atoms with E-state index >= 15 is 0 Å². The first-order chi connectivity index (χ1) is 18.7.